The number of benzene rings is 1. The van der Waals surface area contributed by atoms with E-state index in [-0.39, 0.29) is 0 Å². The summed E-state index contributed by atoms with van der Waals surface area (Å²) in [5, 5.41) is 4.65. The Balaban J connectivity index is 1.51. The number of nitrogens with zero attached hydrogens (tertiary/aromatic N) is 1. The van der Waals surface area contributed by atoms with Crippen LogP contribution in [0.25, 0.3) is 0 Å². The van der Waals surface area contributed by atoms with Gasteiger partial charge in [-0.15, -0.1) is 0 Å². The van der Waals surface area contributed by atoms with Crippen LogP contribution in [-0.4, -0.2) is 5.71 Å². The first-order chi connectivity index (χ1) is 10.3. The van der Waals surface area contributed by atoms with Crippen molar-refractivity contribution >= 4 is 5.71 Å². The molecule has 4 rings (SSSR count). The lowest BCUT2D eigenvalue weighted by Crippen LogP contribution is -2.31. The Kier molecular flexibility index (Phi) is 3.28. The molecule has 112 valence electrons. The van der Waals surface area contributed by atoms with Crippen LogP contribution in [0.2, 0.25) is 0 Å². The first kappa shape index (κ1) is 13.4. The van der Waals surface area contributed by atoms with E-state index in [2.05, 4.69) is 36.3 Å². The molecule has 3 fully saturated rings. The molecule has 2 heteroatoms. The summed E-state index contributed by atoms with van der Waals surface area (Å²) in [4.78, 5) is 5.74. The summed E-state index contributed by atoms with van der Waals surface area (Å²) in [5.74, 6) is 2.65. The molecule has 0 saturated heterocycles. The van der Waals surface area contributed by atoms with Crippen molar-refractivity contribution < 1.29 is 4.84 Å². The van der Waals surface area contributed by atoms with Crippen LogP contribution >= 0.6 is 0 Å². The van der Waals surface area contributed by atoms with Crippen LogP contribution in [-0.2, 0) is 11.4 Å². The standard InChI is InChI=1S/C19H25NO/c1-14-11-17-8-7-16-9-10-18(19(16,17)12-14)20-21-13-15-5-3-2-4-6-15/h2-6,14,16-17H,7-13H2,1H3/b20-18+/t14-,16-,17-,19+/m1/s1. The monoisotopic (exact) mass is 283 g/mol. The molecule has 0 aromatic heterocycles. The van der Waals surface area contributed by atoms with E-state index >= 15 is 0 Å². The van der Waals surface area contributed by atoms with Gasteiger partial charge >= 0.3 is 0 Å². The lowest BCUT2D eigenvalue weighted by atomic mass is 9.74. The normalized spacial score (nSPS) is 39.5. The van der Waals surface area contributed by atoms with Crippen molar-refractivity contribution in [2.24, 2.45) is 28.3 Å². The molecule has 0 amide bonds. The molecule has 0 radical (unpaired) electrons. The summed E-state index contributed by atoms with van der Waals surface area (Å²) in [7, 11) is 0. The van der Waals surface area contributed by atoms with Gasteiger partial charge in [0, 0.05) is 5.41 Å². The predicted octanol–water partition coefficient (Wildman–Crippen LogP) is 4.80. The van der Waals surface area contributed by atoms with Gasteiger partial charge in [0.05, 0.1) is 5.71 Å². The van der Waals surface area contributed by atoms with E-state index in [0.717, 1.165) is 17.8 Å². The second-order valence-corrected chi connectivity index (χ2v) is 7.39. The minimum atomic E-state index is 0.427. The van der Waals surface area contributed by atoms with E-state index in [1.165, 1.54) is 49.8 Å². The van der Waals surface area contributed by atoms with Crippen LogP contribution in [0.15, 0.2) is 35.5 Å². The first-order valence-corrected chi connectivity index (χ1v) is 8.52. The van der Waals surface area contributed by atoms with Crippen LogP contribution in [0, 0.1) is 23.2 Å². The molecule has 0 aliphatic heterocycles. The molecule has 0 bridgehead atoms. The Morgan fingerprint density at radius 1 is 1.14 bits per heavy atom. The molecule has 2 nitrogen and oxygen atoms in total. The van der Waals surface area contributed by atoms with Crippen molar-refractivity contribution in [1.29, 1.82) is 0 Å². The molecule has 1 aromatic carbocycles. The van der Waals surface area contributed by atoms with Crippen molar-refractivity contribution in [3.63, 3.8) is 0 Å². The smallest absolute Gasteiger partial charge is 0.142 e. The lowest BCUT2D eigenvalue weighted by Gasteiger charge is -2.30. The van der Waals surface area contributed by atoms with Crippen LogP contribution in [0.3, 0.4) is 0 Å². The maximum absolute atomic E-state index is 5.74. The van der Waals surface area contributed by atoms with E-state index in [0.29, 0.717) is 12.0 Å². The molecular weight excluding hydrogens is 258 g/mol. The van der Waals surface area contributed by atoms with E-state index < -0.39 is 0 Å². The molecule has 0 N–H and O–H groups in total. The average Bonchev–Trinajstić information content (AvgIpc) is 3.09. The highest BCUT2D eigenvalue weighted by molar-refractivity contribution is 5.93. The topological polar surface area (TPSA) is 21.6 Å². The summed E-state index contributed by atoms with van der Waals surface area (Å²) in [5.41, 5.74) is 3.03. The fraction of sp³-hybridized carbons (Fsp3) is 0.632. The zero-order chi connectivity index (χ0) is 14.3. The Hall–Kier alpha value is -1.31. The Labute approximate surface area is 127 Å². The molecule has 1 aromatic rings. The number of rotatable bonds is 3. The van der Waals surface area contributed by atoms with Crippen molar-refractivity contribution in [2.45, 2.75) is 52.1 Å². The van der Waals surface area contributed by atoms with Crippen LogP contribution < -0.4 is 0 Å². The van der Waals surface area contributed by atoms with E-state index in [4.69, 9.17) is 4.84 Å². The number of hydrogen-bond donors (Lipinski definition) is 0. The van der Waals surface area contributed by atoms with Crippen LogP contribution in [0.5, 0.6) is 0 Å². The first-order valence-electron chi connectivity index (χ1n) is 8.52. The molecule has 0 heterocycles. The quantitative estimate of drug-likeness (QED) is 0.730. The van der Waals surface area contributed by atoms with Gasteiger partial charge in [-0.25, -0.2) is 0 Å². The number of hydrogen-bond acceptors (Lipinski definition) is 2. The highest BCUT2D eigenvalue weighted by Crippen LogP contribution is 2.64. The SMILES string of the molecule is C[C@@H]1C[C@H]2CC[C@@H]3CC/C(=N\OCc4ccccc4)[C@@]32C1. The molecule has 1 spiro atoms. The van der Waals surface area contributed by atoms with Crippen molar-refractivity contribution in [2.75, 3.05) is 0 Å². The van der Waals surface area contributed by atoms with Crippen molar-refractivity contribution in [1.82, 2.24) is 0 Å². The number of oxime groups is 1. The average molecular weight is 283 g/mol. The van der Waals surface area contributed by atoms with Gasteiger partial charge in [-0.3, -0.25) is 0 Å². The molecule has 3 aliphatic carbocycles. The predicted molar refractivity (Wildman–Crippen MR) is 84.9 cm³/mol. The van der Waals surface area contributed by atoms with Gasteiger partial charge in [0.1, 0.15) is 6.61 Å². The zero-order valence-electron chi connectivity index (χ0n) is 12.9. The molecule has 3 aliphatic rings. The fourth-order valence-electron chi connectivity index (χ4n) is 5.48. The summed E-state index contributed by atoms with van der Waals surface area (Å²) >= 11 is 0. The molecule has 0 unspecified atom stereocenters. The van der Waals surface area contributed by atoms with Gasteiger partial charge in [0.25, 0.3) is 0 Å². The van der Waals surface area contributed by atoms with Crippen molar-refractivity contribution in [3.8, 4) is 0 Å². The van der Waals surface area contributed by atoms with Crippen LogP contribution in [0.1, 0.15) is 51.0 Å². The van der Waals surface area contributed by atoms with Crippen LogP contribution in [0.4, 0.5) is 0 Å². The van der Waals surface area contributed by atoms with Gasteiger partial charge in [0.2, 0.25) is 0 Å². The lowest BCUT2D eigenvalue weighted by molar-refractivity contribution is 0.124. The molecule has 3 saturated carbocycles. The molecule has 4 atom stereocenters. The van der Waals surface area contributed by atoms with Gasteiger partial charge in [-0.2, -0.15) is 0 Å². The Bertz CT molecular complexity index is 538. The second kappa shape index (κ2) is 5.15. The van der Waals surface area contributed by atoms with Crippen molar-refractivity contribution in [3.05, 3.63) is 35.9 Å². The van der Waals surface area contributed by atoms with Gasteiger partial charge in [-0.1, -0.05) is 42.4 Å². The van der Waals surface area contributed by atoms with Gasteiger partial charge < -0.3 is 4.84 Å². The third-order valence-electron chi connectivity index (χ3n) is 6.21. The van der Waals surface area contributed by atoms with E-state index in [1.807, 2.05) is 6.07 Å². The van der Waals surface area contributed by atoms with E-state index in [1.54, 1.807) is 0 Å². The van der Waals surface area contributed by atoms with Gasteiger partial charge in [-0.05, 0) is 61.8 Å². The maximum atomic E-state index is 5.74. The van der Waals surface area contributed by atoms with Gasteiger partial charge in [0.15, 0.2) is 0 Å². The Morgan fingerprint density at radius 2 is 1.95 bits per heavy atom. The Morgan fingerprint density at radius 3 is 2.81 bits per heavy atom. The second-order valence-electron chi connectivity index (χ2n) is 7.39. The highest BCUT2D eigenvalue weighted by atomic mass is 16.6. The minimum absolute atomic E-state index is 0.427. The minimum Gasteiger partial charge on any atom is -0.391 e. The third-order valence-corrected chi connectivity index (χ3v) is 6.21. The largest absolute Gasteiger partial charge is 0.391 e. The molecule has 21 heavy (non-hydrogen) atoms. The highest BCUT2D eigenvalue weighted by Gasteiger charge is 2.60. The summed E-state index contributed by atoms with van der Waals surface area (Å²) in [6.45, 7) is 3.02. The third kappa shape index (κ3) is 2.11. The summed E-state index contributed by atoms with van der Waals surface area (Å²) in [6.07, 6.45) is 8.13. The maximum Gasteiger partial charge on any atom is 0.142 e. The van der Waals surface area contributed by atoms with E-state index in [9.17, 15) is 0 Å². The summed E-state index contributed by atoms with van der Waals surface area (Å²) in [6, 6.07) is 10.4. The fourth-order valence-corrected chi connectivity index (χ4v) is 5.48. The molecular formula is C19H25NO. The zero-order valence-corrected chi connectivity index (χ0v) is 12.9. The summed E-state index contributed by atoms with van der Waals surface area (Å²) < 4.78 is 0.